The van der Waals surface area contributed by atoms with E-state index in [0.29, 0.717) is 16.3 Å². The number of barbiturate groups is 1. The molecule has 4 rings (SSSR count). The zero-order valence-electron chi connectivity index (χ0n) is 17.3. The second-order valence-corrected chi connectivity index (χ2v) is 7.87. The molecule has 1 fully saturated rings. The molecule has 3 aromatic rings. The van der Waals surface area contributed by atoms with Gasteiger partial charge in [0.25, 0.3) is 11.8 Å². The first-order chi connectivity index (χ1) is 14.8. The maximum absolute atomic E-state index is 13.1. The van der Waals surface area contributed by atoms with Crippen LogP contribution in [0.15, 0.2) is 60.2 Å². The molecule has 0 saturated carbocycles. The highest BCUT2D eigenvalue weighted by molar-refractivity contribution is 6.39. The summed E-state index contributed by atoms with van der Waals surface area (Å²) in [6, 6.07) is 15.5. The SMILES string of the molecule is Cc1cccc(N2C(=O)NC(=O)C(=Cc3cc(C)n(-c4ccc(Cl)cc4)c3C)C2=O)c1. The van der Waals surface area contributed by atoms with Gasteiger partial charge in [-0.2, -0.15) is 0 Å². The Morgan fingerprint density at radius 3 is 2.29 bits per heavy atom. The zero-order valence-corrected chi connectivity index (χ0v) is 18.0. The van der Waals surface area contributed by atoms with Crippen LogP contribution in [0.4, 0.5) is 10.5 Å². The van der Waals surface area contributed by atoms with E-state index in [9.17, 15) is 14.4 Å². The lowest BCUT2D eigenvalue weighted by Crippen LogP contribution is -2.54. The fraction of sp³-hybridized carbons (Fsp3) is 0.125. The maximum Gasteiger partial charge on any atom is 0.335 e. The molecule has 1 aromatic heterocycles. The number of carbonyl (C=O) groups excluding carboxylic acids is 3. The summed E-state index contributed by atoms with van der Waals surface area (Å²) in [7, 11) is 0. The highest BCUT2D eigenvalue weighted by Gasteiger charge is 2.37. The van der Waals surface area contributed by atoms with Crippen molar-refractivity contribution in [3.05, 3.63) is 87.7 Å². The lowest BCUT2D eigenvalue weighted by Gasteiger charge is -2.26. The van der Waals surface area contributed by atoms with Gasteiger partial charge in [0.1, 0.15) is 5.57 Å². The van der Waals surface area contributed by atoms with Gasteiger partial charge in [0.05, 0.1) is 5.69 Å². The van der Waals surface area contributed by atoms with E-state index in [0.717, 1.165) is 27.5 Å². The number of aromatic nitrogens is 1. The van der Waals surface area contributed by atoms with Crippen LogP contribution < -0.4 is 10.2 Å². The molecule has 0 spiro atoms. The quantitative estimate of drug-likeness (QED) is 0.479. The topological polar surface area (TPSA) is 71.4 Å². The molecular formula is C24H20ClN3O3. The summed E-state index contributed by atoms with van der Waals surface area (Å²) in [4.78, 5) is 39.0. The molecule has 156 valence electrons. The number of hydrogen-bond acceptors (Lipinski definition) is 3. The Morgan fingerprint density at radius 1 is 0.903 bits per heavy atom. The second kappa shape index (κ2) is 7.89. The minimum Gasteiger partial charge on any atom is -0.318 e. The molecule has 7 heteroatoms. The van der Waals surface area contributed by atoms with Crippen molar-refractivity contribution in [3.8, 4) is 5.69 Å². The van der Waals surface area contributed by atoms with E-state index in [1.807, 2.05) is 49.6 Å². The van der Waals surface area contributed by atoms with Crippen molar-refractivity contribution in [3.63, 3.8) is 0 Å². The van der Waals surface area contributed by atoms with Crippen molar-refractivity contribution >= 4 is 41.2 Å². The van der Waals surface area contributed by atoms with Gasteiger partial charge in [-0.25, -0.2) is 9.69 Å². The highest BCUT2D eigenvalue weighted by atomic mass is 35.5. The first-order valence-corrected chi connectivity index (χ1v) is 10.1. The fourth-order valence-electron chi connectivity index (χ4n) is 3.74. The maximum atomic E-state index is 13.1. The minimum absolute atomic E-state index is 0.0996. The molecule has 1 aliphatic rings. The van der Waals surface area contributed by atoms with Gasteiger partial charge in [0, 0.05) is 22.1 Å². The molecule has 0 bridgehead atoms. The van der Waals surface area contributed by atoms with E-state index < -0.39 is 17.8 Å². The Balaban J connectivity index is 1.76. The lowest BCUT2D eigenvalue weighted by atomic mass is 10.1. The molecule has 6 nitrogen and oxygen atoms in total. The number of nitrogens with one attached hydrogen (secondary N) is 1. The van der Waals surface area contributed by atoms with Gasteiger partial charge in [-0.15, -0.1) is 0 Å². The van der Waals surface area contributed by atoms with E-state index in [-0.39, 0.29) is 5.57 Å². The van der Waals surface area contributed by atoms with Gasteiger partial charge in [-0.05, 0) is 80.4 Å². The van der Waals surface area contributed by atoms with E-state index >= 15 is 0 Å². The number of anilines is 1. The number of imide groups is 2. The Hall–Kier alpha value is -3.64. The lowest BCUT2D eigenvalue weighted by molar-refractivity contribution is -0.122. The Bertz CT molecular complexity index is 1260. The summed E-state index contributed by atoms with van der Waals surface area (Å²) in [6.07, 6.45) is 1.53. The number of rotatable bonds is 3. The fourth-order valence-corrected chi connectivity index (χ4v) is 3.86. The average Bonchev–Trinajstić information content (AvgIpc) is 2.99. The van der Waals surface area contributed by atoms with Crippen LogP contribution in [0.1, 0.15) is 22.5 Å². The molecular weight excluding hydrogens is 414 g/mol. The monoisotopic (exact) mass is 433 g/mol. The van der Waals surface area contributed by atoms with E-state index in [4.69, 9.17) is 11.6 Å². The number of nitrogens with zero attached hydrogens (tertiary/aromatic N) is 2. The third kappa shape index (κ3) is 3.78. The Labute approximate surface area is 184 Å². The normalized spacial score (nSPS) is 15.5. The van der Waals surface area contributed by atoms with Gasteiger partial charge in [-0.3, -0.25) is 14.9 Å². The molecule has 2 aromatic carbocycles. The van der Waals surface area contributed by atoms with Crippen molar-refractivity contribution in [1.82, 2.24) is 9.88 Å². The van der Waals surface area contributed by atoms with Crippen LogP contribution in [0, 0.1) is 20.8 Å². The summed E-state index contributed by atoms with van der Waals surface area (Å²) in [5.41, 5.74) is 4.62. The summed E-state index contributed by atoms with van der Waals surface area (Å²) < 4.78 is 2.01. The molecule has 0 aliphatic carbocycles. The van der Waals surface area contributed by atoms with Crippen LogP contribution >= 0.6 is 11.6 Å². The van der Waals surface area contributed by atoms with Gasteiger partial charge in [0.15, 0.2) is 0 Å². The van der Waals surface area contributed by atoms with Crippen molar-refractivity contribution in [2.75, 3.05) is 4.90 Å². The molecule has 2 heterocycles. The molecule has 0 radical (unpaired) electrons. The number of urea groups is 1. The van der Waals surface area contributed by atoms with Crippen LogP contribution in [0.2, 0.25) is 5.02 Å². The molecule has 4 amide bonds. The summed E-state index contributed by atoms with van der Waals surface area (Å²) in [6.45, 7) is 5.71. The molecule has 0 atom stereocenters. The molecule has 1 N–H and O–H groups in total. The number of amides is 4. The van der Waals surface area contributed by atoms with Crippen LogP contribution in [-0.4, -0.2) is 22.4 Å². The molecule has 1 saturated heterocycles. The number of aryl methyl sites for hydroxylation is 2. The third-order valence-corrected chi connectivity index (χ3v) is 5.47. The average molecular weight is 434 g/mol. The Kier molecular flexibility index (Phi) is 5.25. The zero-order chi connectivity index (χ0) is 22.3. The molecule has 1 aliphatic heterocycles. The van der Waals surface area contributed by atoms with Crippen LogP contribution in [-0.2, 0) is 9.59 Å². The molecule has 0 unspecified atom stereocenters. The summed E-state index contributed by atoms with van der Waals surface area (Å²) >= 11 is 6.00. The minimum atomic E-state index is -0.760. The van der Waals surface area contributed by atoms with E-state index in [2.05, 4.69) is 5.32 Å². The largest absolute Gasteiger partial charge is 0.335 e. The smallest absolute Gasteiger partial charge is 0.318 e. The number of carbonyl (C=O) groups is 3. The first kappa shape index (κ1) is 20.6. The summed E-state index contributed by atoms with van der Waals surface area (Å²) in [5, 5.41) is 2.90. The van der Waals surface area contributed by atoms with Crippen LogP contribution in [0.3, 0.4) is 0 Å². The summed E-state index contributed by atoms with van der Waals surface area (Å²) in [5.74, 6) is -1.37. The van der Waals surface area contributed by atoms with Gasteiger partial charge in [-0.1, -0.05) is 23.7 Å². The number of benzene rings is 2. The van der Waals surface area contributed by atoms with Crippen molar-refractivity contribution in [2.24, 2.45) is 0 Å². The van der Waals surface area contributed by atoms with Crippen molar-refractivity contribution in [1.29, 1.82) is 0 Å². The van der Waals surface area contributed by atoms with Crippen molar-refractivity contribution < 1.29 is 14.4 Å². The van der Waals surface area contributed by atoms with Gasteiger partial charge in [0.2, 0.25) is 0 Å². The predicted octanol–water partition coefficient (Wildman–Crippen LogP) is 4.72. The molecule has 31 heavy (non-hydrogen) atoms. The van der Waals surface area contributed by atoms with Gasteiger partial charge >= 0.3 is 6.03 Å². The van der Waals surface area contributed by atoms with Gasteiger partial charge < -0.3 is 4.57 Å². The van der Waals surface area contributed by atoms with E-state index in [1.54, 1.807) is 30.3 Å². The number of hydrogen-bond donors (Lipinski definition) is 1. The van der Waals surface area contributed by atoms with Crippen LogP contribution in [0.5, 0.6) is 0 Å². The highest BCUT2D eigenvalue weighted by Crippen LogP contribution is 2.26. The number of halogens is 1. The predicted molar refractivity (Wildman–Crippen MR) is 120 cm³/mol. The van der Waals surface area contributed by atoms with Crippen molar-refractivity contribution in [2.45, 2.75) is 20.8 Å². The van der Waals surface area contributed by atoms with E-state index in [1.165, 1.54) is 6.08 Å². The van der Waals surface area contributed by atoms with Crippen LogP contribution in [0.25, 0.3) is 11.8 Å². The Morgan fingerprint density at radius 2 is 1.61 bits per heavy atom. The standard InChI is InChI=1S/C24H20ClN3O3/c1-14-5-4-6-20(11-14)28-23(30)21(22(29)26-24(28)31)13-17-12-15(2)27(16(17)3)19-9-7-18(25)8-10-19/h4-13H,1-3H3,(H,26,29,31). The second-order valence-electron chi connectivity index (χ2n) is 7.44. The third-order valence-electron chi connectivity index (χ3n) is 5.22. The first-order valence-electron chi connectivity index (χ1n) is 9.69.